The summed E-state index contributed by atoms with van der Waals surface area (Å²) in [5.41, 5.74) is 0.101. The number of imidazole rings is 1. The second kappa shape index (κ2) is 9.82. The first-order valence-electron chi connectivity index (χ1n) is 12.7. The van der Waals surface area contributed by atoms with E-state index in [0.717, 1.165) is 25.3 Å². The molecule has 0 atom stereocenters. The van der Waals surface area contributed by atoms with Crippen molar-refractivity contribution >= 4 is 40.6 Å². The van der Waals surface area contributed by atoms with Gasteiger partial charge in [0, 0.05) is 29.4 Å². The fourth-order valence-corrected chi connectivity index (χ4v) is 4.44. The van der Waals surface area contributed by atoms with Crippen LogP contribution < -0.4 is 20.7 Å². The number of carbonyl (C=O) groups is 3. The number of amides is 3. The molecule has 0 spiro atoms. The van der Waals surface area contributed by atoms with E-state index < -0.39 is 17.1 Å². The number of nitrogens with zero attached hydrogens (tertiary/aromatic N) is 3. The van der Waals surface area contributed by atoms with Crippen LogP contribution in [0.25, 0.3) is 5.65 Å². The van der Waals surface area contributed by atoms with Crippen molar-refractivity contribution in [1.29, 1.82) is 0 Å². The number of benzene rings is 2. The minimum Gasteiger partial charge on any atom is -0.434 e. The summed E-state index contributed by atoms with van der Waals surface area (Å²) in [4.78, 5) is 42.3. The highest BCUT2D eigenvalue weighted by Gasteiger charge is 2.50. The number of hydrogen-bond acceptors (Lipinski definition) is 6. The Kier molecular flexibility index (Phi) is 6.18. The van der Waals surface area contributed by atoms with Gasteiger partial charge in [-0.05, 0) is 56.0 Å². The van der Waals surface area contributed by atoms with Crippen LogP contribution >= 0.6 is 0 Å². The summed E-state index contributed by atoms with van der Waals surface area (Å²) in [7, 11) is 0. The molecule has 2 aromatic heterocycles. The van der Waals surface area contributed by atoms with E-state index in [1.807, 2.05) is 6.07 Å². The average molecular weight is 529 g/mol. The molecular weight excluding hydrogens is 503 g/mol. The Balaban J connectivity index is 1.12. The maximum Gasteiger partial charge on any atom is 0.240 e. The molecular formula is C28H25FN6O4. The van der Waals surface area contributed by atoms with Crippen LogP contribution in [0, 0.1) is 17.2 Å². The molecule has 2 aromatic carbocycles. The highest BCUT2D eigenvalue weighted by molar-refractivity contribution is 6.15. The van der Waals surface area contributed by atoms with Gasteiger partial charge in [-0.3, -0.25) is 14.4 Å². The maximum absolute atomic E-state index is 14.9. The van der Waals surface area contributed by atoms with Crippen molar-refractivity contribution in [2.45, 2.75) is 32.1 Å². The lowest BCUT2D eigenvalue weighted by atomic mass is 9.67. The van der Waals surface area contributed by atoms with Gasteiger partial charge in [-0.2, -0.15) is 0 Å². The van der Waals surface area contributed by atoms with Gasteiger partial charge >= 0.3 is 0 Å². The summed E-state index contributed by atoms with van der Waals surface area (Å²) in [6.07, 6.45) is 4.90. The van der Waals surface area contributed by atoms with Crippen LogP contribution in [0.1, 0.15) is 32.1 Å². The van der Waals surface area contributed by atoms with Gasteiger partial charge in [-0.25, -0.2) is 13.9 Å². The lowest BCUT2D eigenvalue weighted by Crippen LogP contribution is -2.50. The molecule has 3 amide bonds. The second-order valence-corrected chi connectivity index (χ2v) is 9.82. The number of fused-ring (bicyclic) bond motifs is 1. The Morgan fingerprint density at radius 2 is 1.67 bits per heavy atom. The van der Waals surface area contributed by atoms with E-state index >= 15 is 0 Å². The van der Waals surface area contributed by atoms with Crippen LogP contribution in [-0.4, -0.2) is 32.3 Å². The first-order chi connectivity index (χ1) is 18.9. The van der Waals surface area contributed by atoms with Crippen LogP contribution in [-0.2, 0) is 14.4 Å². The molecule has 0 saturated heterocycles. The van der Waals surface area contributed by atoms with Gasteiger partial charge in [0.2, 0.25) is 23.6 Å². The van der Waals surface area contributed by atoms with Gasteiger partial charge in [-0.1, -0.05) is 24.6 Å². The molecule has 2 heterocycles. The SMILES string of the molecule is O=C(Nc1cn2nc(Oc3ccc(NC(=O)C4(C(=O)Nc5ccccc5)CCC4)cc3F)ccc2n1)C1CC1. The molecule has 4 aromatic rings. The lowest BCUT2D eigenvalue weighted by molar-refractivity contribution is -0.142. The van der Waals surface area contributed by atoms with Gasteiger partial charge in [0.05, 0.1) is 6.20 Å². The summed E-state index contributed by atoms with van der Waals surface area (Å²) in [5.74, 6) is -1.20. The highest BCUT2D eigenvalue weighted by Crippen LogP contribution is 2.43. The molecule has 11 heteroatoms. The van der Waals surface area contributed by atoms with Crippen molar-refractivity contribution in [2.24, 2.45) is 11.3 Å². The monoisotopic (exact) mass is 528 g/mol. The molecule has 39 heavy (non-hydrogen) atoms. The Labute approximate surface area is 222 Å². The normalized spacial score (nSPS) is 15.7. The summed E-state index contributed by atoms with van der Waals surface area (Å²) in [6, 6.07) is 16.1. The van der Waals surface area contributed by atoms with E-state index in [4.69, 9.17) is 4.74 Å². The summed E-state index contributed by atoms with van der Waals surface area (Å²) in [6.45, 7) is 0. The summed E-state index contributed by atoms with van der Waals surface area (Å²) >= 11 is 0. The topological polar surface area (TPSA) is 127 Å². The van der Waals surface area contributed by atoms with Crippen molar-refractivity contribution < 1.29 is 23.5 Å². The summed E-state index contributed by atoms with van der Waals surface area (Å²) in [5, 5.41) is 12.5. The van der Waals surface area contributed by atoms with Crippen molar-refractivity contribution in [3.63, 3.8) is 0 Å². The fraction of sp³-hybridized carbons (Fsp3) is 0.250. The first kappa shape index (κ1) is 24.5. The molecule has 3 N–H and O–H groups in total. The maximum atomic E-state index is 14.9. The smallest absolute Gasteiger partial charge is 0.240 e. The van der Waals surface area contributed by atoms with E-state index in [1.165, 1.54) is 22.7 Å². The van der Waals surface area contributed by atoms with Crippen LogP contribution in [0.5, 0.6) is 11.6 Å². The van der Waals surface area contributed by atoms with Gasteiger partial charge in [0.15, 0.2) is 23.0 Å². The summed E-state index contributed by atoms with van der Waals surface area (Å²) < 4.78 is 22.0. The van der Waals surface area contributed by atoms with Gasteiger partial charge < -0.3 is 20.7 Å². The Hall–Kier alpha value is -4.80. The van der Waals surface area contributed by atoms with Crippen LogP contribution in [0.4, 0.5) is 21.6 Å². The van der Waals surface area contributed by atoms with Crippen LogP contribution in [0.2, 0.25) is 0 Å². The molecule has 10 nitrogen and oxygen atoms in total. The average Bonchev–Trinajstić information content (AvgIpc) is 3.66. The quantitative estimate of drug-likeness (QED) is 0.283. The third-order valence-electron chi connectivity index (χ3n) is 7.01. The second-order valence-electron chi connectivity index (χ2n) is 9.82. The van der Waals surface area contributed by atoms with Gasteiger partial charge in [-0.15, -0.1) is 5.10 Å². The van der Waals surface area contributed by atoms with Crippen molar-refractivity contribution in [1.82, 2.24) is 14.6 Å². The molecule has 6 rings (SSSR count). The zero-order valence-corrected chi connectivity index (χ0v) is 20.8. The van der Waals surface area contributed by atoms with Gasteiger partial charge in [0.1, 0.15) is 5.41 Å². The van der Waals surface area contributed by atoms with Gasteiger partial charge in [0.25, 0.3) is 0 Å². The fourth-order valence-electron chi connectivity index (χ4n) is 4.44. The molecule has 0 aliphatic heterocycles. The minimum absolute atomic E-state index is 0.0445. The Bertz CT molecular complexity index is 1580. The zero-order chi connectivity index (χ0) is 27.0. The predicted octanol–water partition coefficient (Wildman–Crippen LogP) is 4.76. The molecule has 0 unspecified atom stereocenters. The highest BCUT2D eigenvalue weighted by atomic mass is 19.1. The predicted molar refractivity (Wildman–Crippen MR) is 141 cm³/mol. The van der Waals surface area contributed by atoms with Crippen molar-refractivity contribution in [2.75, 3.05) is 16.0 Å². The van der Waals surface area contributed by atoms with Crippen molar-refractivity contribution in [3.8, 4) is 11.6 Å². The van der Waals surface area contributed by atoms with Crippen molar-refractivity contribution in [3.05, 3.63) is 72.7 Å². The number of para-hydroxylation sites is 1. The molecule has 0 radical (unpaired) electrons. The van der Waals surface area contributed by atoms with E-state index in [-0.39, 0.29) is 35.0 Å². The zero-order valence-electron chi connectivity index (χ0n) is 20.8. The Morgan fingerprint density at radius 1 is 0.923 bits per heavy atom. The number of halogens is 1. The van der Waals surface area contributed by atoms with Crippen LogP contribution in [0.15, 0.2) is 66.9 Å². The molecule has 2 aliphatic rings. The number of rotatable bonds is 8. The Morgan fingerprint density at radius 3 is 2.33 bits per heavy atom. The number of ether oxygens (including phenoxy) is 1. The molecule has 198 valence electrons. The standard InChI is InChI=1S/C28H25FN6O4/c29-20-15-19(31-27(38)28(13-4-14-28)26(37)30-18-5-2-1-3-6-18)9-10-21(20)39-24-12-11-23-32-22(16-35(23)34-24)33-25(36)17-7-8-17/h1-3,5-6,9-12,15-17H,4,7-8,13-14H2,(H,30,37)(H,31,38)(H,33,36). The third kappa shape index (κ3) is 5.02. The molecule has 2 aliphatic carbocycles. The third-order valence-corrected chi connectivity index (χ3v) is 7.01. The number of hydrogen-bond donors (Lipinski definition) is 3. The number of nitrogens with one attached hydrogen (secondary N) is 3. The van der Waals surface area contributed by atoms with E-state index in [0.29, 0.717) is 30.0 Å². The molecule has 0 bridgehead atoms. The lowest BCUT2D eigenvalue weighted by Gasteiger charge is -2.38. The van der Waals surface area contributed by atoms with Crippen LogP contribution in [0.3, 0.4) is 0 Å². The van der Waals surface area contributed by atoms with E-state index in [2.05, 4.69) is 26.0 Å². The first-order valence-corrected chi connectivity index (χ1v) is 12.7. The molecule has 2 saturated carbocycles. The van der Waals surface area contributed by atoms with E-state index in [9.17, 15) is 18.8 Å². The number of carbonyl (C=O) groups excluding carboxylic acids is 3. The molecule has 2 fully saturated rings. The number of aromatic nitrogens is 3. The minimum atomic E-state index is -1.21. The largest absolute Gasteiger partial charge is 0.434 e. The van der Waals surface area contributed by atoms with E-state index in [1.54, 1.807) is 36.5 Å². The number of anilines is 3.